The van der Waals surface area contributed by atoms with Crippen molar-refractivity contribution in [1.29, 1.82) is 0 Å². The van der Waals surface area contributed by atoms with Crippen molar-refractivity contribution in [2.45, 2.75) is 56.8 Å². The Morgan fingerprint density at radius 3 is 2.93 bits per heavy atom. The Labute approximate surface area is 159 Å². The van der Waals surface area contributed by atoms with Gasteiger partial charge in [-0.25, -0.2) is 15.0 Å². The maximum absolute atomic E-state index is 10.8. The van der Waals surface area contributed by atoms with E-state index in [1.165, 1.54) is 22.5 Å². The SMILES string of the molecule is Cc1ncnc2c1ccn2[C@@H]1O[C@H](C(O)c2nc3c(s2)CCC3)[C@@H](O)[C@H]1O. The van der Waals surface area contributed by atoms with E-state index in [4.69, 9.17) is 4.74 Å². The van der Waals surface area contributed by atoms with E-state index in [9.17, 15) is 15.3 Å². The lowest BCUT2D eigenvalue weighted by Gasteiger charge is -2.19. The Balaban J connectivity index is 1.45. The molecule has 1 aliphatic heterocycles. The molecule has 2 aliphatic rings. The summed E-state index contributed by atoms with van der Waals surface area (Å²) in [5.41, 5.74) is 2.46. The number of hydrogen-bond acceptors (Lipinski definition) is 8. The molecule has 27 heavy (non-hydrogen) atoms. The number of nitrogens with zero attached hydrogens (tertiary/aromatic N) is 4. The first-order chi connectivity index (χ1) is 13.0. The third kappa shape index (κ3) is 2.61. The Hall–Kier alpha value is -1.91. The quantitative estimate of drug-likeness (QED) is 0.614. The third-order valence-electron chi connectivity index (χ3n) is 5.43. The molecule has 8 nitrogen and oxygen atoms in total. The molecule has 0 bridgehead atoms. The van der Waals surface area contributed by atoms with Crippen LogP contribution in [0.1, 0.15) is 40.0 Å². The summed E-state index contributed by atoms with van der Waals surface area (Å²) in [4.78, 5) is 14.1. The molecule has 1 fully saturated rings. The first kappa shape index (κ1) is 17.2. The molecule has 1 saturated heterocycles. The summed E-state index contributed by atoms with van der Waals surface area (Å²) in [6.45, 7) is 1.88. The van der Waals surface area contributed by atoms with Crippen LogP contribution < -0.4 is 0 Å². The van der Waals surface area contributed by atoms with Crippen molar-refractivity contribution in [2.24, 2.45) is 0 Å². The zero-order valence-corrected chi connectivity index (χ0v) is 15.5. The standard InChI is InChI=1S/C18H20N4O4S/c1-8-9-5-6-22(16(9)20-7-19-8)18-13(24)12(23)15(26-18)14(25)17-21-10-3-2-4-11(10)27-17/h5-7,12-15,18,23-25H,2-4H2,1H3/t12-,13+,14?,15-,18+/m0/s1. The Morgan fingerprint density at radius 1 is 1.26 bits per heavy atom. The van der Waals surface area contributed by atoms with Gasteiger partial charge in [-0.3, -0.25) is 0 Å². The zero-order chi connectivity index (χ0) is 18.7. The zero-order valence-electron chi connectivity index (χ0n) is 14.7. The highest BCUT2D eigenvalue weighted by Gasteiger charge is 2.48. The molecule has 0 radical (unpaired) electrons. The fourth-order valence-corrected chi connectivity index (χ4v) is 5.13. The van der Waals surface area contributed by atoms with E-state index in [2.05, 4.69) is 15.0 Å². The van der Waals surface area contributed by atoms with Crippen molar-refractivity contribution in [3.63, 3.8) is 0 Å². The van der Waals surface area contributed by atoms with Crippen LogP contribution in [0.2, 0.25) is 0 Å². The van der Waals surface area contributed by atoms with Gasteiger partial charge in [0.25, 0.3) is 0 Å². The normalized spacial score (nSPS) is 28.7. The van der Waals surface area contributed by atoms with E-state index >= 15 is 0 Å². The first-order valence-corrected chi connectivity index (χ1v) is 9.82. The number of ether oxygens (including phenoxy) is 1. The number of aliphatic hydroxyl groups is 3. The lowest BCUT2D eigenvalue weighted by Crippen LogP contribution is -2.34. The van der Waals surface area contributed by atoms with Crippen molar-refractivity contribution in [3.05, 3.63) is 39.9 Å². The van der Waals surface area contributed by atoms with E-state index < -0.39 is 30.6 Å². The predicted octanol–water partition coefficient (Wildman–Crippen LogP) is 1.04. The molecule has 3 aromatic rings. The number of thiazole rings is 1. The Bertz CT molecular complexity index is 981. The second-order valence-electron chi connectivity index (χ2n) is 7.11. The van der Waals surface area contributed by atoms with Gasteiger partial charge in [0, 0.05) is 16.5 Å². The second-order valence-corrected chi connectivity index (χ2v) is 8.23. The maximum atomic E-state index is 10.8. The number of aryl methyl sites for hydroxylation is 3. The number of rotatable bonds is 3. The van der Waals surface area contributed by atoms with Gasteiger partial charge in [-0.15, -0.1) is 11.3 Å². The van der Waals surface area contributed by atoms with E-state index in [0.29, 0.717) is 10.7 Å². The molecular formula is C18H20N4O4S. The molecule has 142 valence electrons. The number of fused-ring (bicyclic) bond motifs is 2. The topological polar surface area (TPSA) is 114 Å². The third-order valence-corrected chi connectivity index (χ3v) is 6.66. The largest absolute Gasteiger partial charge is 0.387 e. The van der Waals surface area contributed by atoms with Crippen LogP contribution in [-0.4, -0.2) is 53.2 Å². The van der Waals surface area contributed by atoms with Gasteiger partial charge < -0.3 is 24.6 Å². The van der Waals surface area contributed by atoms with Gasteiger partial charge in [-0.05, 0) is 32.3 Å². The number of aliphatic hydroxyl groups excluding tert-OH is 3. The van der Waals surface area contributed by atoms with Gasteiger partial charge in [0.1, 0.15) is 41.4 Å². The van der Waals surface area contributed by atoms with Gasteiger partial charge in [-0.2, -0.15) is 0 Å². The molecule has 1 unspecified atom stereocenters. The number of aromatic nitrogens is 4. The van der Waals surface area contributed by atoms with Crippen LogP contribution in [-0.2, 0) is 17.6 Å². The van der Waals surface area contributed by atoms with Crippen LogP contribution >= 0.6 is 11.3 Å². The lowest BCUT2D eigenvalue weighted by atomic mass is 10.1. The molecule has 0 aromatic carbocycles. The average molecular weight is 388 g/mol. The summed E-state index contributed by atoms with van der Waals surface area (Å²) in [5.74, 6) is 0. The van der Waals surface area contributed by atoms with Crippen LogP contribution in [0.5, 0.6) is 0 Å². The van der Waals surface area contributed by atoms with Crippen molar-refractivity contribution in [1.82, 2.24) is 19.5 Å². The summed E-state index contributed by atoms with van der Waals surface area (Å²) in [6, 6.07) is 1.85. The summed E-state index contributed by atoms with van der Waals surface area (Å²) in [6.07, 6.45) is 0.875. The molecule has 4 heterocycles. The summed E-state index contributed by atoms with van der Waals surface area (Å²) < 4.78 is 7.59. The lowest BCUT2D eigenvalue weighted by molar-refractivity contribution is -0.0848. The van der Waals surface area contributed by atoms with Gasteiger partial charge >= 0.3 is 0 Å². The van der Waals surface area contributed by atoms with E-state index in [-0.39, 0.29) is 0 Å². The van der Waals surface area contributed by atoms with Crippen molar-refractivity contribution >= 4 is 22.4 Å². The molecule has 0 spiro atoms. The highest BCUT2D eigenvalue weighted by molar-refractivity contribution is 7.11. The van der Waals surface area contributed by atoms with Crippen LogP contribution in [0.25, 0.3) is 11.0 Å². The minimum absolute atomic E-state index is 0.534. The van der Waals surface area contributed by atoms with Crippen molar-refractivity contribution in [2.75, 3.05) is 0 Å². The van der Waals surface area contributed by atoms with Crippen LogP contribution in [0.3, 0.4) is 0 Å². The predicted molar refractivity (Wildman–Crippen MR) is 97.3 cm³/mol. The summed E-state index contributed by atoms with van der Waals surface area (Å²) in [5, 5.41) is 33.2. The first-order valence-electron chi connectivity index (χ1n) is 9.01. The van der Waals surface area contributed by atoms with Gasteiger partial charge in [0.2, 0.25) is 0 Å². The highest BCUT2D eigenvalue weighted by Crippen LogP contribution is 2.40. The van der Waals surface area contributed by atoms with Gasteiger partial charge in [0.05, 0.1) is 11.4 Å². The summed E-state index contributed by atoms with van der Waals surface area (Å²) >= 11 is 1.46. The molecule has 5 atom stereocenters. The Morgan fingerprint density at radius 2 is 2.11 bits per heavy atom. The van der Waals surface area contributed by atoms with Crippen LogP contribution in [0.4, 0.5) is 0 Å². The van der Waals surface area contributed by atoms with Gasteiger partial charge in [0.15, 0.2) is 6.23 Å². The molecular weight excluding hydrogens is 368 g/mol. The average Bonchev–Trinajstić information content (AvgIpc) is 3.39. The molecule has 0 saturated carbocycles. The van der Waals surface area contributed by atoms with Crippen LogP contribution in [0, 0.1) is 6.92 Å². The van der Waals surface area contributed by atoms with Crippen molar-refractivity contribution in [3.8, 4) is 0 Å². The minimum atomic E-state index is -1.23. The van der Waals surface area contributed by atoms with Crippen molar-refractivity contribution < 1.29 is 20.1 Å². The second kappa shape index (κ2) is 6.32. The molecule has 9 heteroatoms. The molecule has 3 aromatic heterocycles. The fraction of sp³-hybridized carbons (Fsp3) is 0.500. The monoisotopic (exact) mass is 388 g/mol. The van der Waals surface area contributed by atoms with E-state index in [1.54, 1.807) is 10.8 Å². The van der Waals surface area contributed by atoms with E-state index in [0.717, 1.165) is 36.0 Å². The minimum Gasteiger partial charge on any atom is -0.387 e. The van der Waals surface area contributed by atoms with Gasteiger partial charge in [-0.1, -0.05) is 0 Å². The maximum Gasteiger partial charge on any atom is 0.164 e. The van der Waals surface area contributed by atoms with E-state index in [1.807, 2.05) is 13.0 Å². The fourth-order valence-electron chi connectivity index (χ4n) is 3.96. The Kier molecular flexibility index (Phi) is 4.03. The van der Waals surface area contributed by atoms with Crippen LogP contribution in [0.15, 0.2) is 18.6 Å². The molecule has 0 amide bonds. The summed E-state index contributed by atoms with van der Waals surface area (Å²) in [7, 11) is 0. The molecule has 5 rings (SSSR count). The molecule has 1 aliphatic carbocycles. The molecule has 3 N–H and O–H groups in total. The number of hydrogen-bond donors (Lipinski definition) is 3. The highest BCUT2D eigenvalue weighted by atomic mass is 32.1. The smallest absolute Gasteiger partial charge is 0.164 e.